The third-order valence-electron chi connectivity index (χ3n) is 5.89. The van der Waals surface area contributed by atoms with Gasteiger partial charge in [-0.1, -0.05) is 29.4 Å². The van der Waals surface area contributed by atoms with Gasteiger partial charge in [0, 0.05) is 45.3 Å². The van der Waals surface area contributed by atoms with Crippen LogP contribution in [0.25, 0.3) is 11.3 Å². The molecule has 1 aliphatic rings. The van der Waals surface area contributed by atoms with Crippen LogP contribution in [0.2, 0.25) is 0 Å². The van der Waals surface area contributed by atoms with Crippen LogP contribution in [0, 0.1) is 0 Å². The van der Waals surface area contributed by atoms with Gasteiger partial charge in [0.05, 0.1) is 19.8 Å². The van der Waals surface area contributed by atoms with Crippen LogP contribution in [0.1, 0.15) is 21.6 Å². The van der Waals surface area contributed by atoms with Gasteiger partial charge < -0.3 is 24.2 Å². The second-order valence-electron chi connectivity index (χ2n) is 8.22. The van der Waals surface area contributed by atoms with Crippen LogP contribution in [-0.2, 0) is 13.1 Å². The number of nitrogens with zero attached hydrogens (tertiary/aromatic N) is 3. The van der Waals surface area contributed by atoms with E-state index in [2.05, 4.69) is 51.6 Å². The lowest BCUT2D eigenvalue weighted by Crippen LogP contribution is -2.43. The van der Waals surface area contributed by atoms with E-state index in [1.807, 2.05) is 0 Å². The molecule has 8 heteroatoms. The molecule has 2 aromatic carbocycles. The van der Waals surface area contributed by atoms with E-state index in [9.17, 15) is 4.79 Å². The molecule has 33 heavy (non-hydrogen) atoms. The Bertz CT molecular complexity index is 1070. The fourth-order valence-corrected chi connectivity index (χ4v) is 3.82. The predicted molar refractivity (Wildman–Crippen MR) is 125 cm³/mol. The fraction of sp³-hybridized carbons (Fsp3) is 0.360. The Balaban J connectivity index is 1.34. The average Bonchev–Trinajstić information content (AvgIpc) is 3.35. The largest absolute Gasteiger partial charge is 0.497 e. The lowest BCUT2D eigenvalue weighted by molar-refractivity contribution is 0.0942. The highest BCUT2D eigenvalue weighted by Crippen LogP contribution is 2.33. The van der Waals surface area contributed by atoms with Gasteiger partial charge in [-0.15, -0.1) is 0 Å². The monoisotopic (exact) mass is 450 g/mol. The number of hydrogen-bond donors (Lipinski definition) is 1. The molecule has 0 aliphatic carbocycles. The van der Waals surface area contributed by atoms with Crippen LogP contribution in [-0.4, -0.2) is 68.3 Å². The highest BCUT2D eigenvalue weighted by atomic mass is 16.5. The summed E-state index contributed by atoms with van der Waals surface area (Å²) in [6, 6.07) is 15.3. The number of methoxy groups -OCH3 is 2. The Morgan fingerprint density at radius 1 is 1.00 bits per heavy atom. The predicted octanol–water partition coefficient (Wildman–Crippen LogP) is 3.04. The van der Waals surface area contributed by atoms with Crippen LogP contribution in [0.3, 0.4) is 0 Å². The molecule has 4 rings (SSSR count). The third kappa shape index (κ3) is 5.71. The van der Waals surface area contributed by atoms with Crippen LogP contribution < -0.4 is 14.8 Å². The van der Waals surface area contributed by atoms with Crippen molar-refractivity contribution in [1.29, 1.82) is 0 Å². The van der Waals surface area contributed by atoms with Crippen molar-refractivity contribution in [1.82, 2.24) is 20.3 Å². The van der Waals surface area contributed by atoms with Crippen molar-refractivity contribution in [2.24, 2.45) is 0 Å². The van der Waals surface area contributed by atoms with Crippen molar-refractivity contribution in [3.05, 3.63) is 65.4 Å². The minimum atomic E-state index is -0.298. The van der Waals surface area contributed by atoms with E-state index in [4.69, 9.17) is 14.0 Å². The van der Waals surface area contributed by atoms with Gasteiger partial charge in [-0.25, -0.2) is 0 Å². The highest BCUT2D eigenvalue weighted by Gasteiger charge is 2.17. The molecule has 0 unspecified atom stereocenters. The maximum atomic E-state index is 12.6. The maximum absolute atomic E-state index is 12.6. The molecule has 1 aliphatic heterocycles. The summed E-state index contributed by atoms with van der Waals surface area (Å²) in [4.78, 5) is 17.4. The zero-order chi connectivity index (χ0) is 23.2. The van der Waals surface area contributed by atoms with E-state index in [-0.39, 0.29) is 11.6 Å². The maximum Gasteiger partial charge on any atom is 0.273 e. The number of rotatable bonds is 8. The lowest BCUT2D eigenvalue weighted by atomic mass is 10.1. The number of likely N-dealkylation sites (N-methyl/N-ethyl adjacent to an activating group) is 1. The van der Waals surface area contributed by atoms with Crippen LogP contribution in [0.4, 0.5) is 0 Å². The second-order valence-corrected chi connectivity index (χ2v) is 8.22. The van der Waals surface area contributed by atoms with Crippen molar-refractivity contribution in [3.8, 4) is 22.8 Å². The molecule has 1 N–H and O–H groups in total. The fourth-order valence-electron chi connectivity index (χ4n) is 3.82. The minimum Gasteiger partial charge on any atom is -0.497 e. The molecule has 2 heterocycles. The number of nitrogens with one attached hydrogen (secondary N) is 1. The molecule has 174 valence electrons. The smallest absolute Gasteiger partial charge is 0.273 e. The van der Waals surface area contributed by atoms with Crippen molar-refractivity contribution in [3.63, 3.8) is 0 Å². The summed E-state index contributed by atoms with van der Waals surface area (Å²) in [6.45, 7) is 5.77. The molecule has 8 nitrogen and oxygen atoms in total. The molecular formula is C25H30N4O4. The van der Waals surface area contributed by atoms with Crippen molar-refractivity contribution < 1.29 is 18.8 Å². The van der Waals surface area contributed by atoms with Gasteiger partial charge in [-0.05, 0) is 36.4 Å². The first-order valence-electron chi connectivity index (χ1n) is 11.0. The number of amides is 1. The molecule has 3 aromatic rings. The zero-order valence-electron chi connectivity index (χ0n) is 19.3. The summed E-state index contributed by atoms with van der Waals surface area (Å²) in [7, 11) is 5.32. The number of aromatic nitrogens is 1. The summed E-state index contributed by atoms with van der Waals surface area (Å²) >= 11 is 0. The Hall–Kier alpha value is -3.36. The zero-order valence-corrected chi connectivity index (χ0v) is 19.3. The van der Waals surface area contributed by atoms with Gasteiger partial charge >= 0.3 is 0 Å². The molecule has 1 amide bonds. The Morgan fingerprint density at radius 2 is 1.73 bits per heavy atom. The van der Waals surface area contributed by atoms with Gasteiger partial charge in [-0.3, -0.25) is 9.69 Å². The highest BCUT2D eigenvalue weighted by molar-refractivity contribution is 5.93. The summed E-state index contributed by atoms with van der Waals surface area (Å²) < 4.78 is 16.1. The van der Waals surface area contributed by atoms with Gasteiger partial charge in [0.2, 0.25) is 0 Å². The molecule has 1 fully saturated rings. The van der Waals surface area contributed by atoms with Gasteiger partial charge in [0.1, 0.15) is 11.5 Å². The SMILES string of the molecule is COc1ccc(OC)c(-c2cc(C(=O)NCc3ccc(CN4CCN(C)CC4)cc3)no2)c1. The lowest BCUT2D eigenvalue weighted by Gasteiger charge is -2.32. The van der Waals surface area contributed by atoms with Crippen LogP contribution in [0.5, 0.6) is 11.5 Å². The van der Waals surface area contributed by atoms with E-state index in [1.165, 1.54) is 5.56 Å². The normalized spacial score (nSPS) is 14.8. The van der Waals surface area contributed by atoms with Gasteiger partial charge in [0.25, 0.3) is 5.91 Å². The van der Waals surface area contributed by atoms with E-state index in [0.717, 1.165) is 38.3 Å². The van der Waals surface area contributed by atoms with Crippen LogP contribution >= 0.6 is 0 Å². The Labute approximate surface area is 194 Å². The first-order valence-corrected chi connectivity index (χ1v) is 11.0. The van der Waals surface area contributed by atoms with E-state index >= 15 is 0 Å². The Morgan fingerprint density at radius 3 is 2.42 bits per heavy atom. The second kappa shape index (κ2) is 10.5. The van der Waals surface area contributed by atoms with Crippen molar-refractivity contribution >= 4 is 5.91 Å². The van der Waals surface area contributed by atoms with E-state index < -0.39 is 0 Å². The molecule has 0 radical (unpaired) electrons. The summed E-state index contributed by atoms with van der Waals surface area (Å²) in [5.74, 6) is 1.40. The first kappa shape index (κ1) is 22.8. The first-order chi connectivity index (χ1) is 16.1. The topological polar surface area (TPSA) is 80.1 Å². The van der Waals surface area contributed by atoms with E-state index in [1.54, 1.807) is 38.5 Å². The summed E-state index contributed by atoms with van der Waals surface area (Å²) in [6.07, 6.45) is 0. The van der Waals surface area contributed by atoms with Gasteiger partial charge in [0.15, 0.2) is 11.5 Å². The molecule has 0 saturated carbocycles. The molecular weight excluding hydrogens is 420 g/mol. The number of carbonyl (C=O) groups is 1. The standard InChI is InChI=1S/C25H30N4O4/c1-28-10-12-29(13-11-28)17-19-6-4-18(5-7-19)16-26-25(30)22-15-24(33-27-22)21-14-20(31-2)8-9-23(21)32-3/h4-9,14-15H,10-13,16-17H2,1-3H3,(H,26,30). The number of benzene rings is 2. The molecule has 0 spiro atoms. The number of piperazine rings is 1. The number of hydrogen-bond acceptors (Lipinski definition) is 7. The third-order valence-corrected chi connectivity index (χ3v) is 5.89. The summed E-state index contributed by atoms with van der Waals surface area (Å²) in [5.41, 5.74) is 3.19. The van der Waals surface area contributed by atoms with E-state index in [0.29, 0.717) is 29.4 Å². The van der Waals surface area contributed by atoms with Crippen molar-refractivity contribution in [2.45, 2.75) is 13.1 Å². The van der Waals surface area contributed by atoms with Crippen molar-refractivity contribution in [2.75, 3.05) is 47.4 Å². The van der Waals surface area contributed by atoms with Gasteiger partial charge in [-0.2, -0.15) is 0 Å². The van der Waals surface area contributed by atoms with Crippen LogP contribution in [0.15, 0.2) is 53.1 Å². The average molecular weight is 451 g/mol. The number of carbonyl (C=O) groups excluding carboxylic acids is 1. The molecule has 1 saturated heterocycles. The molecule has 0 atom stereocenters. The quantitative estimate of drug-likeness (QED) is 0.565. The number of ether oxygens (including phenoxy) is 2. The molecule has 1 aromatic heterocycles. The molecule has 0 bridgehead atoms. The Kier molecular flexibility index (Phi) is 7.26. The minimum absolute atomic E-state index is 0.210. The summed E-state index contributed by atoms with van der Waals surface area (Å²) in [5, 5.41) is 6.83.